The highest BCUT2D eigenvalue weighted by Crippen LogP contribution is 2.04. The van der Waals surface area contributed by atoms with Gasteiger partial charge in [0, 0.05) is 20.0 Å². The van der Waals surface area contributed by atoms with Crippen LogP contribution in [0.1, 0.15) is 18.9 Å². The van der Waals surface area contributed by atoms with E-state index < -0.39 is 12.0 Å². The fraction of sp³-hybridized carbons (Fsp3) is 0.429. The van der Waals surface area contributed by atoms with Gasteiger partial charge in [-0.15, -0.1) is 0 Å². The Morgan fingerprint density at radius 2 is 1.95 bits per heavy atom. The molecule has 0 aliphatic carbocycles. The molecule has 0 heterocycles. The molecule has 2 amide bonds. The fourth-order valence-corrected chi connectivity index (χ4v) is 1.75. The van der Waals surface area contributed by atoms with Crippen molar-refractivity contribution in [2.45, 2.75) is 25.8 Å². The van der Waals surface area contributed by atoms with Gasteiger partial charge >= 0.3 is 12.0 Å². The van der Waals surface area contributed by atoms with Crippen LogP contribution in [0.2, 0.25) is 0 Å². The van der Waals surface area contributed by atoms with Crippen molar-refractivity contribution in [1.29, 1.82) is 0 Å². The summed E-state index contributed by atoms with van der Waals surface area (Å²) < 4.78 is 0. The minimum Gasteiger partial charge on any atom is -0.480 e. The summed E-state index contributed by atoms with van der Waals surface area (Å²) in [5.41, 5.74) is 0.883. The van der Waals surface area contributed by atoms with Gasteiger partial charge in [0.1, 0.15) is 6.04 Å². The summed E-state index contributed by atoms with van der Waals surface area (Å²) in [4.78, 5) is 24.5. The molecule has 0 saturated heterocycles. The first kappa shape index (κ1) is 15.0. The molecule has 0 spiro atoms. The standard InChI is InChI=1S/C14H20N2O3/c1-3-9-16(2)14(19)15-12(13(17)18)10-11-7-5-4-6-8-11/h4-8,12H,3,9-10H2,1-2H3,(H,15,19)(H,17,18). The Balaban J connectivity index is 2.64. The second kappa shape index (κ2) is 7.41. The zero-order valence-electron chi connectivity index (χ0n) is 11.3. The molecule has 5 nitrogen and oxygen atoms in total. The minimum absolute atomic E-state index is 0.280. The molecule has 104 valence electrons. The van der Waals surface area contributed by atoms with Crippen LogP contribution < -0.4 is 5.32 Å². The summed E-state index contributed by atoms with van der Waals surface area (Å²) in [5.74, 6) is -1.03. The summed E-state index contributed by atoms with van der Waals surface area (Å²) in [6.07, 6.45) is 1.11. The van der Waals surface area contributed by atoms with E-state index in [1.165, 1.54) is 4.90 Å². The predicted molar refractivity (Wildman–Crippen MR) is 73.0 cm³/mol. The lowest BCUT2D eigenvalue weighted by atomic mass is 10.1. The lowest BCUT2D eigenvalue weighted by molar-refractivity contribution is -0.139. The van der Waals surface area contributed by atoms with E-state index >= 15 is 0 Å². The number of carbonyl (C=O) groups excluding carboxylic acids is 1. The largest absolute Gasteiger partial charge is 0.480 e. The number of rotatable bonds is 6. The Labute approximate surface area is 113 Å². The van der Waals surface area contributed by atoms with Crippen molar-refractivity contribution in [3.63, 3.8) is 0 Å². The van der Waals surface area contributed by atoms with Crippen molar-refractivity contribution in [3.8, 4) is 0 Å². The van der Waals surface area contributed by atoms with Gasteiger partial charge in [-0.05, 0) is 12.0 Å². The van der Waals surface area contributed by atoms with Crippen LogP contribution in [-0.2, 0) is 11.2 Å². The molecular formula is C14H20N2O3. The molecule has 0 saturated carbocycles. The average Bonchev–Trinajstić information content (AvgIpc) is 2.39. The monoisotopic (exact) mass is 264 g/mol. The predicted octanol–water partition coefficient (Wildman–Crippen LogP) is 1.73. The van der Waals surface area contributed by atoms with Crippen molar-refractivity contribution in [3.05, 3.63) is 35.9 Å². The zero-order valence-corrected chi connectivity index (χ0v) is 11.3. The number of amides is 2. The molecule has 5 heteroatoms. The first-order chi connectivity index (χ1) is 9.04. The quantitative estimate of drug-likeness (QED) is 0.822. The van der Waals surface area contributed by atoms with Gasteiger partial charge in [0.05, 0.1) is 0 Å². The second-order valence-electron chi connectivity index (χ2n) is 4.45. The third-order valence-electron chi connectivity index (χ3n) is 2.78. The molecule has 1 rings (SSSR count). The molecule has 0 radical (unpaired) electrons. The molecule has 0 aliphatic rings. The van der Waals surface area contributed by atoms with Gasteiger partial charge < -0.3 is 15.3 Å². The molecule has 1 atom stereocenters. The number of hydrogen-bond acceptors (Lipinski definition) is 2. The highest BCUT2D eigenvalue weighted by Gasteiger charge is 2.21. The van der Waals surface area contributed by atoms with E-state index in [2.05, 4.69) is 5.32 Å². The number of carboxylic acids is 1. The highest BCUT2D eigenvalue weighted by molar-refractivity contribution is 5.82. The Morgan fingerprint density at radius 3 is 2.47 bits per heavy atom. The Hall–Kier alpha value is -2.04. The molecule has 0 aromatic heterocycles. The maximum atomic E-state index is 11.8. The number of carbonyl (C=O) groups is 2. The molecule has 1 unspecified atom stereocenters. The molecule has 1 aromatic rings. The number of benzene rings is 1. The average molecular weight is 264 g/mol. The van der Waals surface area contributed by atoms with E-state index in [1.54, 1.807) is 7.05 Å². The maximum absolute atomic E-state index is 11.8. The highest BCUT2D eigenvalue weighted by atomic mass is 16.4. The first-order valence-corrected chi connectivity index (χ1v) is 6.33. The normalized spacial score (nSPS) is 11.7. The third-order valence-corrected chi connectivity index (χ3v) is 2.78. The van der Waals surface area contributed by atoms with E-state index in [1.807, 2.05) is 37.3 Å². The summed E-state index contributed by atoms with van der Waals surface area (Å²) >= 11 is 0. The molecule has 0 fully saturated rings. The number of hydrogen-bond donors (Lipinski definition) is 2. The van der Waals surface area contributed by atoms with Gasteiger partial charge in [-0.1, -0.05) is 37.3 Å². The maximum Gasteiger partial charge on any atom is 0.326 e. The van der Waals surface area contributed by atoms with Gasteiger partial charge in [0.2, 0.25) is 0 Å². The van der Waals surface area contributed by atoms with Crippen LogP contribution in [0.5, 0.6) is 0 Å². The van der Waals surface area contributed by atoms with Crippen LogP contribution in [0.25, 0.3) is 0 Å². The van der Waals surface area contributed by atoms with E-state index in [0.29, 0.717) is 6.54 Å². The van der Waals surface area contributed by atoms with Crippen molar-refractivity contribution in [2.75, 3.05) is 13.6 Å². The van der Waals surface area contributed by atoms with Crippen LogP contribution >= 0.6 is 0 Å². The van der Waals surface area contributed by atoms with E-state index in [-0.39, 0.29) is 12.5 Å². The number of nitrogens with zero attached hydrogens (tertiary/aromatic N) is 1. The molecule has 2 N–H and O–H groups in total. The summed E-state index contributed by atoms with van der Waals surface area (Å²) in [7, 11) is 1.65. The Morgan fingerprint density at radius 1 is 1.32 bits per heavy atom. The van der Waals surface area contributed by atoms with Crippen molar-refractivity contribution in [2.24, 2.45) is 0 Å². The third kappa shape index (κ3) is 4.99. The van der Waals surface area contributed by atoms with Gasteiger partial charge in [-0.3, -0.25) is 0 Å². The lowest BCUT2D eigenvalue weighted by Gasteiger charge is -2.21. The lowest BCUT2D eigenvalue weighted by Crippen LogP contribution is -2.47. The number of nitrogens with one attached hydrogen (secondary N) is 1. The molecule has 0 aliphatic heterocycles. The first-order valence-electron chi connectivity index (χ1n) is 6.33. The van der Waals surface area contributed by atoms with Gasteiger partial charge in [0.15, 0.2) is 0 Å². The van der Waals surface area contributed by atoms with Crippen molar-refractivity contribution >= 4 is 12.0 Å². The van der Waals surface area contributed by atoms with Crippen LogP contribution in [0.15, 0.2) is 30.3 Å². The minimum atomic E-state index is -1.03. The number of urea groups is 1. The van der Waals surface area contributed by atoms with Crippen LogP contribution in [0, 0.1) is 0 Å². The Kier molecular flexibility index (Phi) is 5.85. The molecule has 1 aromatic carbocycles. The van der Waals surface area contributed by atoms with Crippen molar-refractivity contribution in [1.82, 2.24) is 10.2 Å². The summed E-state index contributed by atoms with van der Waals surface area (Å²) in [6, 6.07) is 7.99. The molecular weight excluding hydrogens is 244 g/mol. The summed E-state index contributed by atoms with van der Waals surface area (Å²) in [5, 5.41) is 11.7. The fourth-order valence-electron chi connectivity index (χ4n) is 1.75. The number of carboxylic acid groups (broad SMARTS) is 1. The van der Waals surface area contributed by atoms with Gasteiger partial charge in [-0.2, -0.15) is 0 Å². The molecule has 19 heavy (non-hydrogen) atoms. The Bertz CT molecular complexity index is 420. The van der Waals surface area contributed by atoms with E-state index in [9.17, 15) is 9.59 Å². The van der Waals surface area contributed by atoms with Crippen LogP contribution in [0.3, 0.4) is 0 Å². The second-order valence-corrected chi connectivity index (χ2v) is 4.45. The topological polar surface area (TPSA) is 69.6 Å². The van der Waals surface area contributed by atoms with E-state index in [0.717, 1.165) is 12.0 Å². The smallest absolute Gasteiger partial charge is 0.326 e. The van der Waals surface area contributed by atoms with Crippen LogP contribution in [0.4, 0.5) is 4.79 Å². The van der Waals surface area contributed by atoms with E-state index in [4.69, 9.17) is 5.11 Å². The van der Waals surface area contributed by atoms with Gasteiger partial charge in [-0.25, -0.2) is 9.59 Å². The zero-order chi connectivity index (χ0) is 14.3. The summed E-state index contributed by atoms with van der Waals surface area (Å²) in [6.45, 7) is 2.56. The molecule has 0 bridgehead atoms. The van der Waals surface area contributed by atoms with Crippen molar-refractivity contribution < 1.29 is 14.7 Å². The SMILES string of the molecule is CCCN(C)C(=O)NC(Cc1ccccc1)C(=O)O. The number of aliphatic carboxylic acids is 1. The van der Waals surface area contributed by atoms with Gasteiger partial charge in [0.25, 0.3) is 0 Å². The van der Waals surface area contributed by atoms with Crippen LogP contribution in [-0.4, -0.2) is 41.6 Å².